The lowest BCUT2D eigenvalue weighted by molar-refractivity contribution is -0.139. The summed E-state index contributed by atoms with van der Waals surface area (Å²) in [6.45, 7) is 0. The summed E-state index contributed by atoms with van der Waals surface area (Å²) in [7, 11) is 0. The maximum Gasteiger partial charge on any atom is 0.335 e. The van der Waals surface area contributed by atoms with Crippen molar-refractivity contribution in [1.29, 1.82) is 0 Å². The number of para-hydroxylation sites is 1. The van der Waals surface area contributed by atoms with Crippen LogP contribution in [0.5, 0.6) is 0 Å². The molecule has 1 fully saturated rings. The summed E-state index contributed by atoms with van der Waals surface area (Å²) in [5.41, 5.74) is 0.383. The molecule has 0 spiro atoms. The van der Waals surface area contributed by atoms with Crippen LogP contribution in [0, 0.1) is 5.92 Å². The van der Waals surface area contributed by atoms with E-state index in [2.05, 4.69) is 5.32 Å². The molecule has 2 N–H and O–H groups in total. The fourth-order valence-electron chi connectivity index (χ4n) is 2.43. The van der Waals surface area contributed by atoms with Gasteiger partial charge in [0.1, 0.15) is 0 Å². The summed E-state index contributed by atoms with van der Waals surface area (Å²) in [5, 5.41) is 4.90. The largest absolute Gasteiger partial charge is 0.335 e. The summed E-state index contributed by atoms with van der Waals surface area (Å²) >= 11 is 11.8. The number of amides is 5. The van der Waals surface area contributed by atoms with Crippen LogP contribution >= 0.6 is 23.2 Å². The Morgan fingerprint density at radius 1 is 1.04 bits per heavy atom. The first-order valence-corrected chi connectivity index (χ1v) is 8.14. The van der Waals surface area contributed by atoms with Crippen LogP contribution in [0.15, 0.2) is 48.5 Å². The minimum Gasteiger partial charge on any atom is -0.324 e. The number of carbonyl (C=O) groups excluding carboxylic acids is 4. The molecule has 1 saturated heterocycles. The molecule has 0 bridgehead atoms. The van der Waals surface area contributed by atoms with Crippen LogP contribution in [0.1, 0.15) is 0 Å². The zero-order chi connectivity index (χ0) is 18.8. The number of benzene rings is 2. The minimum absolute atomic E-state index is 0.146. The molecule has 9 heteroatoms. The quantitative estimate of drug-likeness (QED) is 0.786. The number of hydrogen-bond donors (Lipinski definition) is 2. The van der Waals surface area contributed by atoms with Gasteiger partial charge in [-0.05, 0) is 30.3 Å². The molecular weight excluding hydrogens is 381 g/mol. The van der Waals surface area contributed by atoms with Crippen molar-refractivity contribution in [3.05, 3.63) is 58.6 Å². The predicted octanol–water partition coefficient (Wildman–Crippen LogP) is 2.83. The van der Waals surface area contributed by atoms with Gasteiger partial charge in [-0.15, -0.1) is 0 Å². The third kappa shape index (κ3) is 3.40. The minimum atomic E-state index is -1.75. The average Bonchev–Trinajstić information content (AvgIpc) is 2.58. The maximum atomic E-state index is 12.7. The van der Waals surface area contributed by atoms with Crippen LogP contribution in [0.4, 0.5) is 16.2 Å². The molecule has 0 radical (unpaired) electrons. The SMILES string of the molecule is O=C1NC(=O)N(c2ccccc2)C(=O)C1C(=O)Nc1cc(Cl)ccc1Cl. The zero-order valence-corrected chi connectivity index (χ0v) is 14.5. The lowest BCUT2D eigenvalue weighted by atomic mass is 10.0. The van der Waals surface area contributed by atoms with Crippen molar-refractivity contribution in [3.63, 3.8) is 0 Å². The van der Waals surface area contributed by atoms with Gasteiger partial charge in [-0.25, -0.2) is 9.69 Å². The molecule has 1 heterocycles. The van der Waals surface area contributed by atoms with Crippen molar-refractivity contribution in [2.24, 2.45) is 5.92 Å². The Balaban J connectivity index is 1.89. The fourth-order valence-corrected chi connectivity index (χ4v) is 2.76. The Bertz CT molecular complexity index is 917. The molecule has 2 aromatic rings. The van der Waals surface area contributed by atoms with E-state index in [-0.39, 0.29) is 16.4 Å². The molecule has 1 aliphatic heterocycles. The van der Waals surface area contributed by atoms with E-state index in [1.807, 2.05) is 5.32 Å². The third-order valence-corrected chi connectivity index (χ3v) is 4.19. The fraction of sp³-hybridized carbons (Fsp3) is 0.0588. The highest BCUT2D eigenvalue weighted by Crippen LogP contribution is 2.27. The average molecular weight is 392 g/mol. The second kappa shape index (κ2) is 7.15. The Hall–Kier alpha value is -2.90. The van der Waals surface area contributed by atoms with Gasteiger partial charge in [0.05, 0.1) is 16.4 Å². The molecule has 132 valence electrons. The number of halogens is 2. The van der Waals surface area contributed by atoms with E-state index in [1.54, 1.807) is 18.2 Å². The van der Waals surface area contributed by atoms with Gasteiger partial charge in [0.25, 0.3) is 5.91 Å². The summed E-state index contributed by atoms with van der Waals surface area (Å²) in [4.78, 5) is 50.0. The number of hydrogen-bond acceptors (Lipinski definition) is 4. The second-order valence-corrected chi connectivity index (χ2v) is 6.19. The molecule has 1 atom stereocenters. The lowest BCUT2D eigenvalue weighted by Gasteiger charge is -2.29. The van der Waals surface area contributed by atoms with Crippen molar-refractivity contribution < 1.29 is 19.2 Å². The first kappa shape index (κ1) is 17.9. The highest BCUT2D eigenvalue weighted by molar-refractivity contribution is 6.38. The second-order valence-electron chi connectivity index (χ2n) is 5.35. The molecule has 7 nitrogen and oxygen atoms in total. The van der Waals surface area contributed by atoms with Gasteiger partial charge in [-0.2, -0.15) is 0 Å². The van der Waals surface area contributed by atoms with E-state index in [1.165, 1.54) is 30.3 Å². The Kier molecular flexibility index (Phi) is 4.92. The van der Waals surface area contributed by atoms with E-state index in [4.69, 9.17) is 23.2 Å². The number of carbonyl (C=O) groups is 4. The summed E-state index contributed by atoms with van der Waals surface area (Å²) in [5.74, 6) is -4.64. The standard InChI is InChI=1S/C17H11Cl2N3O4/c18-9-6-7-11(19)12(8-9)20-14(23)13-15(24)21-17(26)22(16(13)25)10-4-2-1-3-5-10/h1-8,13H,(H,20,23)(H,21,24,26). The molecule has 3 rings (SSSR count). The topological polar surface area (TPSA) is 95.6 Å². The van der Waals surface area contributed by atoms with Crippen LogP contribution in [0.3, 0.4) is 0 Å². The van der Waals surface area contributed by atoms with Crippen molar-refractivity contribution in [2.75, 3.05) is 10.2 Å². The molecular formula is C17H11Cl2N3O4. The molecule has 1 unspecified atom stereocenters. The highest BCUT2D eigenvalue weighted by Gasteiger charge is 2.45. The van der Waals surface area contributed by atoms with E-state index in [9.17, 15) is 19.2 Å². The number of urea groups is 1. The van der Waals surface area contributed by atoms with Gasteiger partial charge in [0.2, 0.25) is 11.8 Å². The Morgan fingerprint density at radius 3 is 2.42 bits per heavy atom. The van der Waals surface area contributed by atoms with Gasteiger partial charge in [-0.1, -0.05) is 41.4 Å². The first-order valence-electron chi connectivity index (χ1n) is 7.38. The Morgan fingerprint density at radius 2 is 1.73 bits per heavy atom. The van der Waals surface area contributed by atoms with Crippen molar-refractivity contribution >= 4 is 58.3 Å². The van der Waals surface area contributed by atoms with Crippen molar-refractivity contribution in [1.82, 2.24) is 5.32 Å². The summed E-state index contributed by atoms with van der Waals surface area (Å²) < 4.78 is 0. The molecule has 1 aliphatic rings. The third-order valence-electron chi connectivity index (χ3n) is 3.63. The van der Waals surface area contributed by atoms with Crippen molar-refractivity contribution in [2.45, 2.75) is 0 Å². The van der Waals surface area contributed by atoms with Crippen molar-refractivity contribution in [3.8, 4) is 0 Å². The van der Waals surface area contributed by atoms with Gasteiger partial charge in [0.15, 0.2) is 5.92 Å². The van der Waals surface area contributed by atoms with E-state index >= 15 is 0 Å². The number of imide groups is 2. The number of nitrogens with zero attached hydrogens (tertiary/aromatic N) is 1. The van der Waals surface area contributed by atoms with Gasteiger partial charge >= 0.3 is 6.03 Å². The molecule has 0 saturated carbocycles. The molecule has 26 heavy (non-hydrogen) atoms. The molecule has 0 aromatic heterocycles. The van der Waals surface area contributed by atoms with E-state index in [0.717, 1.165) is 4.90 Å². The van der Waals surface area contributed by atoms with Gasteiger partial charge in [0, 0.05) is 5.02 Å². The zero-order valence-electron chi connectivity index (χ0n) is 13.0. The lowest BCUT2D eigenvalue weighted by Crippen LogP contribution is -2.61. The first-order chi connectivity index (χ1) is 12.4. The number of rotatable bonds is 3. The smallest absolute Gasteiger partial charge is 0.324 e. The van der Waals surface area contributed by atoms with E-state index < -0.39 is 29.7 Å². The molecule has 5 amide bonds. The monoisotopic (exact) mass is 391 g/mol. The highest BCUT2D eigenvalue weighted by atomic mass is 35.5. The van der Waals surface area contributed by atoms with Crippen LogP contribution in [-0.2, 0) is 14.4 Å². The van der Waals surface area contributed by atoms with Gasteiger partial charge < -0.3 is 5.32 Å². The van der Waals surface area contributed by atoms with E-state index in [0.29, 0.717) is 5.02 Å². The number of anilines is 2. The number of barbiturate groups is 1. The predicted molar refractivity (Wildman–Crippen MR) is 96.0 cm³/mol. The number of nitrogens with one attached hydrogen (secondary N) is 2. The van der Waals surface area contributed by atoms with Crippen LogP contribution < -0.4 is 15.5 Å². The van der Waals surface area contributed by atoms with Crippen LogP contribution in [-0.4, -0.2) is 23.8 Å². The normalized spacial score (nSPS) is 17.1. The summed E-state index contributed by atoms with van der Waals surface area (Å²) in [6.07, 6.45) is 0. The van der Waals surface area contributed by atoms with Gasteiger partial charge in [-0.3, -0.25) is 19.7 Å². The van der Waals surface area contributed by atoms with Crippen LogP contribution in [0.25, 0.3) is 0 Å². The molecule has 2 aromatic carbocycles. The Labute approximate surface area is 157 Å². The summed E-state index contributed by atoms with van der Waals surface area (Å²) in [6, 6.07) is 11.4. The van der Waals surface area contributed by atoms with Crippen LogP contribution in [0.2, 0.25) is 10.0 Å². The maximum absolute atomic E-state index is 12.7. The molecule has 0 aliphatic carbocycles.